The summed E-state index contributed by atoms with van der Waals surface area (Å²) < 4.78 is 57.8. The Labute approximate surface area is 109 Å². The van der Waals surface area contributed by atoms with Crippen LogP contribution in [-0.4, -0.2) is 16.1 Å². The fourth-order valence-corrected chi connectivity index (χ4v) is 3.10. The molecule has 0 saturated heterocycles. The van der Waals surface area contributed by atoms with E-state index in [2.05, 4.69) is 8.76 Å². The van der Waals surface area contributed by atoms with Gasteiger partial charge in [-0.2, -0.15) is 21.9 Å². The van der Waals surface area contributed by atoms with Crippen molar-refractivity contribution in [2.45, 2.75) is 24.9 Å². The highest BCUT2D eigenvalue weighted by molar-refractivity contribution is 7.92. The molecule has 0 fully saturated rings. The SMILES string of the molecule is CC1=CN=S(=O)(c2ccc(C)cc2)N=C1C(F)(F)F. The summed E-state index contributed by atoms with van der Waals surface area (Å²) in [6.07, 6.45) is -3.66. The van der Waals surface area contributed by atoms with Gasteiger partial charge in [-0.25, -0.2) is 4.21 Å². The maximum atomic E-state index is 12.8. The number of nitrogens with zero attached hydrogens (tertiary/aromatic N) is 2. The number of hydrogen-bond acceptors (Lipinski definition) is 2. The summed E-state index contributed by atoms with van der Waals surface area (Å²) in [5.74, 6) is 0. The number of halogens is 3. The highest BCUT2D eigenvalue weighted by Crippen LogP contribution is 2.29. The monoisotopic (exact) mass is 288 g/mol. The summed E-state index contributed by atoms with van der Waals surface area (Å²) in [5.41, 5.74) is -0.360. The molecular weight excluding hydrogens is 277 g/mol. The van der Waals surface area contributed by atoms with Crippen molar-refractivity contribution in [2.75, 3.05) is 0 Å². The van der Waals surface area contributed by atoms with E-state index in [9.17, 15) is 17.4 Å². The van der Waals surface area contributed by atoms with Gasteiger partial charge in [-0.15, -0.1) is 0 Å². The van der Waals surface area contributed by atoms with Crippen molar-refractivity contribution in [1.29, 1.82) is 0 Å². The second kappa shape index (κ2) is 4.48. The van der Waals surface area contributed by atoms with E-state index in [0.29, 0.717) is 0 Å². The van der Waals surface area contributed by atoms with Crippen LogP contribution in [0.3, 0.4) is 0 Å². The average molecular weight is 288 g/mol. The van der Waals surface area contributed by atoms with Crippen LogP contribution in [0.5, 0.6) is 0 Å². The molecule has 1 aliphatic rings. The summed E-state index contributed by atoms with van der Waals surface area (Å²) in [4.78, 5) is 0.170. The van der Waals surface area contributed by atoms with Gasteiger partial charge in [-0.05, 0) is 31.6 Å². The first kappa shape index (κ1) is 13.8. The van der Waals surface area contributed by atoms with Crippen molar-refractivity contribution < 1.29 is 17.4 Å². The van der Waals surface area contributed by atoms with Crippen molar-refractivity contribution in [2.24, 2.45) is 8.76 Å². The maximum absolute atomic E-state index is 12.8. The number of rotatable bonds is 1. The Bertz CT molecular complexity index is 678. The van der Waals surface area contributed by atoms with Crippen LogP contribution >= 0.6 is 0 Å². The van der Waals surface area contributed by atoms with Gasteiger partial charge in [0.05, 0.1) is 4.90 Å². The highest BCUT2D eigenvalue weighted by atomic mass is 32.2. The Hall–Kier alpha value is -1.63. The van der Waals surface area contributed by atoms with Gasteiger partial charge >= 0.3 is 6.18 Å². The van der Waals surface area contributed by atoms with Crippen LogP contribution in [0.25, 0.3) is 0 Å². The predicted octanol–water partition coefficient (Wildman–Crippen LogP) is 3.66. The van der Waals surface area contributed by atoms with Gasteiger partial charge in [0.2, 0.25) is 0 Å². The fraction of sp³-hybridized carbons (Fsp3) is 0.250. The molecule has 0 aromatic heterocycles. The Morgan fingerprint density at radius 3 is 2.21 bits per heavy atom. The largest absolute Gasteiger partial charge is 0.434 e. The summed E-state index contributed by atoms with van der Waals surface area (Å²) in [7, 11) is -3.43. The van der Waals surface area contributed by atoms with Crippen LogP contribution in [0, 0.1) is 6.92 Å². The smallest absolute Gasteiger partial charge is 0.221 e. The normalized spacial score (nSPS) is 23.4. The van der Waals surface area contributed by atoms with Crippen LogP contribution in [0.2, 0.25) is 0 Å². The lowest BCUT2D eigenvalue weighted by molar-refractivity contribution is -0.0580. The van der Waals surface area contributed by atoms with Gasteiger partial charge in [-0.1, -0.05) is 17.7 Å². The quantitative estimate of drug-likeness (QED) is 0.777. The Morgan fingerprint density at radius 1 is 1.11 bits per heavy atom. The zero-order valence-electron chi connectivity index (χ0n) is 10.2. The molecular formula is C12H11F3N2OS. The molecule has 1 aliphatic heterocycles. The maximum Gasteiger partial charge on any atom is 0.434 e. The van der Waals surface area contributed by atoms with Crippen LogP contribution < -0.4 is 0 Å². The molecule has 1 aromatic carbocycles. The van der Waals surface area contributed by atoms with E-state index in [4.69, 9.17) is 0 Å². The number of benzene rings is 1. The minimum absolute atomic E-state index is 0.140. The van der Waals surface area contributed by atoms with E-state index in [1.807, 2.05) is 6.92 Å². The van der Waals surface area contributed by atoms with E-state index >= 15 is 0 Å². The summed E-state index contributed by atoms with van der Waals surface area (Å²) in [6, 6.07) is 6.28. The van der Waals surface area contributed by atoms with E-state index < -0.39 is 21.8 Å². The Morgan fingerprint density at radius 2 is 1.68 bits per heavy atom. The first-order chi connectivity index (χ1) is 8.72. The van der Waals surface area contributed by atoms with E-state index in [1.165, 1.54) is 19.1 Å². The number of alkyl halides is 3. The van der Waals surface area contributed by atoms with Crippen molar-refractivity contribution in [3.63, 3.8) is 0 Å². The molecule has 102 valence electrons. The van der Waals surface area contributed by atoms with Gasteiger partial charge in [0.15, 0.2) is 15.6 Å². The molecule has 1 unspecified atom stereocenters. The fourth-order valence-electron chi connectivity index (χ4n) is 1.54. The van der Waals surface area contributed by atoms with Crippen molar-refractivity contribution in [3.8, 4) is 0 Å². The van der Waals surface area contributed by atoms with Crippen LogP contribution in [0.1, 0.15) is 12.5 Å². The molecule has 0 N–H and O–H groups in total. The molecule has 1 heterocycles. The third-order valence-electron chi connectivity index (χ3n) is 2.57. The molecule has 0 spiro atoms. The van der Waals surface area contributed by atoms with Gasteiger partial charge in [-0.3, -0.25) is 0 Å². The molecule has 2 rings (SSSR count). The lowest BCUT2D eigenvalue weighted by Gasteiger charge is -2.15. The zero-order chi connectivity index (χ0) is 14.3. The lowest BCUT2D eigenvalue weighted by Crippen LogP contribution is -2.26. The van der Waals surface area contributed by atoms with Crippen LogP contribution in [0.15, 0.2) is 49.7 Å². The number of allylic oxidation sites excluding steroid dienone is 1. The van der Waals surface area contributed by atoms with Gasteiger partial charge in [0.25, 0.3) is 0 Å². The molecule has 0 radical (unpaired) electrons. The van der Waals surface area contributed by atoms with Crippen molar-refractivity contribution in [3.05, 3.63) is 41.6 Å². The highest BCUT2D eigenvalue weighted by Gasteiger charge is 2.39. The third kappa shape index (κ3) is 2.70. The first-order valence-corrected chi connectivity index (χ1v) is 6.87. The summed E-state index contributed by atoms with van der Waals surface area (Å²) in [5, 5.41) is 0. The number of hydrogen-bond donors (Lipinski definition) is 0. The summed E-state index contributed by atoms with van der Waals surface area (Å²) >= 11 is 0. The first-order valence-electron chi connectivity index (χ1n) is 5.39. The lowest BCUT2D eigenvalue weighted by atomic mass is 10.2. The average Bonchev–Trinajstić information content (AvgIpc) is 2.32. The van der Waals surface area contributed by atoms with Crippen molar-refractivity contribution in [1.82, 2.24) is 0 Å². The Kier molecular flexibility index (Phi) is 3.25. The zero-order valence-corrected chi connectivity index (χ0v) is 11.0. The molecule has 19 heavy (non-hydrogen) atoms. The third-order valence-corrected chi connectivity index (χ3v) is 4.28. The molecule has 1 atom stereocenters. The van der Waals surface area contributed by atoms with Gasteiger partial charge in [0, 0.05) is 6.20 Å². The molecule has 1 aromatic rings. The molecule has 3 nitrogen and oxygen atoms in total. The van der Waals surface area contributed by atoms with Crippen LogP contribution in [0.4, 0.5) is 13.2 Å². The standard InChI is InChI=1S/C12H11F3N2OS/c1-8-3-5-10(6-4-8)19(18)16-7-9(2)11(17-19)12(13,14)15/h3-7H,1-2H3. The van der Waals surface area contributed by atoms with E-state index in [1.54, 1.807) is 12.1 Å². The molecule has 0 saturated carbocycles. The second-order valence-electron chi connectivity index (χ2n) is 4.16. The van der Waals surface area contributed by atoms with Gasteiger partial charge < -0.3 is 0 Å². The molecule has 7 heteroatoms. The Balaban J connectivity index is 2.60. The summed E-state index contributed by atoms with van der Waals surface area (Å²) in [6.45, 7) is 3.06. The minimum atomic E-state index is -4.64. The van der Waals surface area contributed by atoms with E-state index in [-0.39, 0.29) is 10.5 Å². The topological polar surface area (TPSA) is 41.8 Å². The van der Waals surface area contributed by atoms with E-state index in [0.717, 1.165) is 11.8 Å². The number of aryl methyl sites for hydroxylation is 1. The van der Waals surface area contributed by atoms with Gasteiger partial charge in [0.1, 0.15) is 0 Å². The molecule has 0 bridgehead atoms. The predicted molar refractivity (Wildman–Crippen MR) is 67.3 cm³/mol. The minimum Gasteiger partial charge on any atom is -0.221 e. The van der Waals surface area contributed by atoms with Crippen molar-refractivity contribution >= 4 is 15.6 Å². The molecule has 0 amide bonds. The van der Waals surface area contributed by atoms with Crippen LogP contribution in [-0.2, 0) is 9.92 Å². The molecule has 0 aliphatic carbocycles. The second-order valence-corrected chi connectivity index (χ2v) is 6.02.